The number of amides is 1. The summed E-state index contributed by atoms with van der Waals surface area (Å²) in [5.74, 6) is 0.340. The number of aromatic nitrogens is 1. The topological polar surface area (TPSA) is 53.4 Å². The van der Waals surface area contributed by atoms with Crippen molar-refractivity contribution in [3.8, 4) is 0 Å². The molecule has 1 fully saturated rings. The van der Waals surface area contributed by atoms with Crippen molar-refractivity contribution in [3.05, 3.63) is 48.2 Å². The number of piperidine rings is 1. The number of rotatable bonds is 3. The summed E-state index contributed by atoms with van der Waals surface area (Å²) in [6.45, 7) is 3.26. The highest BCUT2D eigenvalue weighted by molar-refractivity contribution is 5.95. The van der Waals surface area contributed by atoms with Gasteiger partial charge in [0.25, 0.3) is 0 Å². The third-order valence-corrected chi connectivity index (χ3v) is 4.60. The van der Waals surface area contributed by atoms with E-state index in [9.17, 15) is 9.90 Å². The number of para-hydroxylation sites is 1. The minimum Gasteiger partial charge on any atom is -0.393 e. The number of hydrogen-bond acceptors (Lipinski definition) is 3. The van der Waals surface area contributed by atoms with Gasteiger partial charge >= 0.3 is 0 Å². The number of hydrogen-bond donors (Lipinski definition) is 1. The van der Waals surface area contributed by atoms with Crippen LogP contribution in [0.15, 0.2) is 42.6 Å². The fourth-order valence-electron chi connectivity index (χ4n) is 3.13. The van der Waals surface area contributed by atoms with Gasteiger partial charge in [-0.15, -0.1) is 0 Å². The Bertz CT molecular complexity index is 711. The lowest BCUT2D eigenvalue weighted by Gasteiger charge is -2.32. The van der Waals surface area contributed by atoms with Gasteiger partial charge < -0.3 is 10.0 Å². The van der Waals surface area contributed by atoms with Gasteiger partial charge in [0.05, 0.1) is 11.6 Å². The first-order valence-electron chi connectivity index (χ1n) is 8.14. The maximum Gasteiger partial charge on any atom is 0.246 e. The molecule has 1 aromatic heterocycles. The molecule has 4 heteroatoms. The summed E-state index contributed by atoms with van der Waals surface area (Å²) in [5.41, 5.74) is 1.86. The average Bonchev–Trinajstić information content (AvgIpc) is 2.59. The Hall–Kier alpha value is -2.20. The Balaban J connectivity index is 1.69. The number of nitrogens with zero attached hydrogens (tertiary/aromatic N) is 2. The Labute approximate surface area is 136 Å². The predicted molar refractivity (Wildman–Crippen MR) is 91.8 cm³/mol. The number of aliphatic hydroxyl groups excluding tert-OH is 1. The summed E-state index contributed by atoms with van der Waals surface area (Å²) < 4.78 is 0. The lowest BCUT2D eigenvalue weighted by atomic mass is 9.92. The normalized spacial score (nSPS) is 17.7. The van der Waals surface area contributed by atoms with Crippen molar-refractivity contribution < 1.29 is 9.90 Å². The van der Waals surface area contributed by atoms with Crippen molar-refractivity contribution in [1.82, 2.24) is 9.88 Å². The molecule has 0 spiro atoms. The first-order valence-corrected chi connectivity index (χ1v) is 8.14. The summed E-state index contributed by atoms with van der Waals surface area (Å²) in [5, 5.41) is 10.7. The van der Waals surface area contributed by atoms with E-state index in [0.717, 1.165) is 29.3 Å². The molecule has 3 rings (SSSR count). The maximum atomic E-state index is 12.3. The number of aliphatic hydroxyl groups is 1. The molecule has 1 unspecified atom stereocenters. The minimum absolute atomic E-state index is 0.0296. The number of carbonyl (C=O) groups is 1. The molecule has 1 amide bonds. The summed E-state index contributed by atoms with van der Waals surface area (Å²) in [4.78, 5) is 18.6. The van der Waals surface area contributed by atoms with E-state index in [1.807, 2.05) is 48.2 Å². The van der Waals surface area contributed by atoms with Crippen LogP contribution >= 0.6 is 0 Å². The van der Waals surface area contributed by atoms with E-state index in [4.69, 9.17) is 0 Å². The molecule has 0 aliphatic carbocycles. The van der Waals surface area contributed by atoms with E-state index in [1.54, 1.807) is 12.3 Å². The summed E-state index contributed by atoms with van der Waals surface area (Å²) in [7, 11) is 0. The Morgan fingerprint density at radius 2 is 2.04 bits per heavy atom. The zero-order chi connectivity index (χ0) is 16.2. The predicted octanol–water partition coefficient (Wildman–Crippen LogP) is 2.87. The zero-order valence-electron chi connectivity index (χ0n) is 13.4. The number of carbonyl (C=O) groups excluding carboxylic acids is 1. The second-order valence-corrected chi connectivity index (χ2v) is 6.16. The molecule has 1 saturated heterocycles. The molecule has 23 heavy (non-hydrogen) atoms. The third-order valence-electron chi connectivity index (χ3n) is 4.60. The van der Waals surface area contributed by atoms with Crippen LogP contribution in [0.25, 0.3) is 17.0 Å². The van der Waals surface area contributed by atoms with Gasteiger partial charge in [0, 0.05) is 36.3 Å². The fraction of sp³-hybridized carbons (Fsp3) is 0.368. The third kappa shape index (κ3) is 3.59. The largest absolute Gasteiger partial charge is 0.393 e. The first-order chi connectivity index (χ1) is 11.1. The Kier molecular flexibility index (Phi) is 4.72. The summed E-state index contributed by atoms with van der Waals surface area (Å²) >= 11 is 0. The van der Waals surface area contributed by atoms with Crippen LogP contribution in [0.3, 0.4) is 0 Å². The standard InChI is InChI=1S/C19H22N2O2/c1-14(22)15-9-12-21(13-10-15)18(23)8-7-17-5-2-4-16-6-3-11-20-19(16)17/h2-8,11,14-15,22H,9-10,12-13H2,1H3. The second-order valence-electron chi connectivity index (χ2n) is 6.16. The molecule has 1 aliphatic heterocycles. The first kappa shape index (κ1) is 15.7. The van der Waals surface area contributed by atoms with Gasteiger partial charge in [0.1, 0.15) is 0 Å². The van der Waals surface area contributed by atoms with Gasteiger partial charge in [0.15, 0.2) is 0 Å². The molecule has 0 bridgehead atoms. The highest BCUT2D eigenvalue weighted by Gasteiger charge is 2.24. The number of pyridine rings is 1. The van der Waals surface area contributed by atoms with Crippen LogP contribution in [0.4, 0.5) is 0 Å². The van der Waals surface area contributed by atoms with Crippen LogP contribution < -0.4 is 0 Å². The SMILES string of the molecule is CC(O)C1CCN(C(=O)C=Cc2cccc3cccnc23)CC1. The highest BCUT2D eigenvalue weighted by Crippen LogP contribution is 2.21. The highest BCUT2D eigenvalue weighted by atomic mass is 16.3. The average molecular weight is 310 g/mol. The van der Waals surface area contributed by atoms with E-state index in [2.05, 4.69) is 4.98 Å². The lowest BCUT2D eigenvalue weighted by Crippen LogP contribution is -2.39. The maximum absolute atomic E-state index is 12.3. The van der Waals surface area contributed by atoms with Crippen molar-refractivity contribution in [1.29, 1.82) is 0 Å². The van der Waals surface area contributed by atoms with Crippen LogP contribution in [0.2, 0.25) is 0 Å². The number of likely N-dealkylation sites (tertiary alicyclic amines) is 1. The van der Waals surface area contributed by atoms with Crippen molar-refractivity contribution in [2.45, 2.75) is 25.9 Å². The van der Waals surface area contributed by atoms with E-state index in [1.165, 1.54) is 0 Å². The van der Waals surface area contributed by atoms with Gasteiger partial charge in [0.2, 0.25) is 5.91 Å². The summed E-state index contributed by atoms with van der Waals surface area (Å²) in [6, 6.07) is 9.89. The summed E-state index contributed by atoms with van der Waals surface area (Å²) in [6.07, 6.45) is 6.69. The molecule has 1 atom stereocenters. The van der Waals surface area contributed by atoms with E-state index < -0.39 is 0 Å². The van der Waals surface area contributed by atoms with Gasteiger partial charge in [-0.3, -0.25) is 9.78 Å². The lowest BCUT2D eigenvalue weighted by molar-refractivity contribution is -0.127. The molecule has 1 aromatic carbocycles. The molecule has 0 saturated carbocycles. The fourth-order valence-corrected chi connectivity index (χ4v) is 3.13. The van der Waals surface area contributed by atoms with E-state index in [0.29, 0.717) is 19.0 Å². The van der Waals surface area contributed by atoms with Crippen LogP contribution in [-0.4, -0.2) is 40.1 Å². The minimum atomic E-state index is -0.287. The molecular formula is C19H22N2O2. The molecule has 2 aromatic rings. The van der Waals surface area contributed by atoms with E-state index in [-0.39, 0.29) is 12.0 Å². The molecule has 1 N–H and O–H groups in total. The molecule has 2 heterocycles. The molecule has 4 nitrogen and oxygen atoms in total. The molecule has 0 radical (unpaired) electrons. The smallest absolute Gasteiger partial charge is 0.246 e. The quantitative estimate of drug-likeness (QED) is 0.887. The van der Waals surface area contributed by atoms with Crippen molar-refractivity contribution in [2.75, 3.05) is 13.1 Å². The van der Waals surface area contributed by atoms with E-state index >= 15 is 0 Å². The van der Waals surface area contributed by atoms with Gasteiger partial charge in [-0.1, -0.05) is 24.3 Å². The van der Waals surface area contributed by atoms with Gasteiger partial charge in [-0.25, -0.2) is 0 Å². The van der Waals surface area contributed by atoms with Crippen LogP contribution in [0.1, 0.15) is 25.3 Å². The number of benzene rings is 1. The Morgan fingerprint density at radius 3 is 2.78 bits per heavy atom. The monoisotopic (exact) mass is 310 g/mol. The number of fused-ring (bicyclic) bond motifs is 1. The second kappa shape index (κ2) is 6.92. The van der Waals surface area contributed by atoms with Gasteiger partial charge in [-0.2, -0.15) is 0 Å². The molecule has 1 aliphatic rings. The van der Waals surface area contributed by atoms with Gasteiger partial charge in [-0.05, 0) is 37.8 Å². The Morgan fingerprint density at radius 1 is 1.30 bits per heavy atom. The van der Waals surface area contributed by atoms with Crippen molar-refractivity contribution in [2.24, 2.45) is 5.92 Å². The van der Waals surface area contributed by atoms with Crippen molar-refractivity contribution >= 4 is 22.9 Å². The van der Waals surface area contributed by atoms with Crippen molar-refractivity contribution in [3.63, 3.8) is 0 Å². The van der Waals surface area contributed by atoms with Crippen LogP contribution in [0.5, 0.6) is 0 Å². The molecular weight excluding hydrogens is 288 g/mol. The van der Waals surface area contributed by atoms with Crippen LogP contribution in [-0.2, 0) is 4.79 Å². The van der Waals surface area contributed by atoms with Crippen LogP contribution in [0, 0.1) is 5.92 Å². The molecule has 120 valence electrons. The zero-order valence-corrected chi connectivity index (χ0v) is 13.4.